The molecule has 0 radical (unpaired) electrons. The molecular formula is C18H20BrF3O3. The molecule has 1 fully saturated rings. The summed E-state index contributed by atoms with van der Waals surface area (Å²) >= 11 is 2.91. The van der Waals surface area contributed by atoms with Crippen LogP contribution < -0.4 is 0 Å². The number of carbonyl (C=O) groups is 1. The number of halogens is 4. The van der Waals surface area contributed by atoms with Gasteiger partial charge in [0.1, 0.15) is 12.4 Å². The maximum Gasteiger partial charge on any atom is 0.310 e. The van der Waals surface area contributed by atoms with Crippen LogP contribution in [-0.4, -0.2) is 13.1 Å². The summed E-state index contributed by atoms with van der Waals surface area (Å²) in [6, 6.07) is 0. The summed E-state index contributed by atoms with van der Waals surface area (Å²) in [6.45, 7) is 4.75. The van der Waals surface area contributed by atoms with E-state index in [4.69, 9.17) is 4.74 Å². The van der Waals surface area contributed by atoms with Crippen molar-refractivity contribution in [2.75, 3.05) is 7.11 Å². The van der Waals surface area contributed by atoms with Crippen LogP contribution in [0.1, 0.15) is 31.9 Å². The minimum atomic E-state index is -1.34. The molecule has 7 heteroatoms. The largest absolute Gasteiger partial charge is 0.460 e. The molecule has 0 aliphatic heterocycles. The van der Waals surface area contributed by atoms with Gasteiger partial charge in [0.25, 0.3) is 0 Å². The van der Waals surface area contributed by atoms with Crippen LogP contribution in [0.3, 0.4) is 0 Å². The van der Waals surface area contributed by atoms with Crippen LogP contribution in [-0.2, 0) is 27.5 Å². The van der Waals surface area contributed by atoms with Crippen LogP contribution in [0.25, 0.3) is 0 Å². The fraction of sp³-hybridized carbons (Fsp3) is 0.500. The van der Waals surface area contributed by atoms with Gasteiger partial charge >= 0.3 is 5.97 Å². The number of allylic oxidation sites excluding steroid dienone is 2. The van der Waals surface area contributed by atoms with Crippen LogP contribution >= 0.6 is 15.9 Å². The van der Waals surface area contributed by atoms with Crippen LogP contribution in [0.15, 0.2) is 16.6 Å². The molecule has 0 spiro atoms. The highest BCUT2D eigenvalue weighted by atomic mass is 79.9. The van der Waals surface area contributed by atoms with Crippen molar-refractivity contribution in [1.29, 1.82) is 0 Å². The Morgan fingerprint density at radius 2 is 1.76 bits per heavy atom. The molecule has 0 heterocycles. The molecule has 0 amide bonds. The first-order chi connectivity index (χ1) is 11.7. The third-order valence-electron chi connectivity index (χ3n) is 4.66. The highest BCUT2D eigenvalue weighted by Gasteiger charge is 2.61. The van der Waals surface area contributed by atoms with Crippen molar-refractivity contribution in [3.63, 3.8) is 0 Å². The number of carbonyl (C=O) groups excluding carboxylic acids is 1. The van der Waals surface area contributed by atoms with Gasteiger partial charge in [-0.25, -0.2) is 13.2 Å². The van der Waals surface area contributed by atoms with E-state index in [1.807, 2.05) is 32.9 Å². The van der Waals surface area contributed by atoms with Crippen LogP contribution in [0.4, 0.5) is 13.2 Å². The summed E-state index contributed by atoms with van der Waals surface area (Å²) in [5.74, 6) is -4.39. The van der Waals surface area contributed by atoms with Crippen molar-refractivity contribution in [1.82, 2.24) is 0 Å². The van der Waals surface area contributed by atoms with Crippen molar-refractivity contribution >= 4 is 21.9 Å². The van der Waals surface area contributed by atoms with Gasteiger partial charge in [0.15, 0.2) is 11.6 Å². The molecule has 1 saturated carbocycles. The Morgan fingerprint density at radius 1 is 1.16 bits per heavy atom. The summed E-state index contributed by atoms with van der Waals surface area (Å²) in [5.41, 5.74) is -1.14. The summed E-state index contributed by atoms with van der Waals surface area (Å²) in [6.07, 6.45) is 3.77. The van der Waals surface area contributed by atoms with Gasteiger partial charge in [-0.1, -0.05) is 26.0 Å². The molecule has 25 heavy (non-hydrogen) atoms. The Balaban J connectivity index is 2.18. The fourth-order valence-electron chi connectivity index (χ4n) is 3.05. The molecule has 2 rings (SSSR count). The van der Waals surface area contributed by atoms with Crippen molar-refractivity contribution < 1.29 is 27.4 Å². The van der Waals surface area contributed by atoms with Crippen molar-refractivity contribution in [2.24, 2.45) is 17.3 Å². The third kappa shape index (κ3) is 3.62. The summed E-state index contributed by atoms with van der Waals surface area (Å²) < 4.78 is 51.9. The van der Waals surface area contributed by atoms with Crippen LogP contribution in [0.2, 0.25) is 0 Å². The number of hydrogen-bond donors (Lipinski definition) is 0. The Labute approximate surface area is 153 Å². The summed E-state index contributed by atoms with van der Waals surface area (Å²) in [5, 5.41) is 0. The van der Waals surface area contributed by atoms with E-state index in [2.05, 4.69) is 20.7 Å². The number of benzene rings is 1. The molecule has 0 saturated heterocycles. The first kappa shape index (κ1) is 20.0. The van der Waals surface area contributed by atoms with Crippen LogP contribution in [0, 0.1) is 34.7 Å². The molecule has 1 aliphatic rings. The number of hydrogen-bond acceptors (Lipinski definition) is 3. The van der Waals surface area contributed by atoms with Gasteiger partial charge < -0.3 is 9.47 Å². The normalized spacial score (nSPS) is 21.6. The Morgan fingerprint density at radius 3 is 2.32 bits per heavy atom. The monoisotopic (exact) mass is 420 g/mol. The first-order valence-corrected chi connectivity index (χ1v) is 8.59. The molecule has 0 bridgehead atoms. The molecule has 1 aromatic rings. The minimum Gasteiger partial charge on any atom is -0.460 e. The average Bonchev–Trinajstić information content (AvgIpc) is 3.10. The second-order valence-electron chi connectivity index (χ2n) is 6.60. The zero-order chi connectivity index (χ0) is 18.9. The first-order valence-electron chi connectivity index (χ1n) is 7.80. The smallest absolute Gasteiger partial charge is 0.310 e. The topological polar surface area (TPSA) is 35.5 Å². The molecule has 0 aromatic heterocycles. The molecule has 1 aliphatic carbocycles. The lowest BCUT2D eigenvalue weighted by atomic mass is 10.1. The van der Waals surface area contributed by atoms with E-state index >= 15 is 0 Å². The zero-order valence-electron chi connectivity index (χ0n) is 14.5. The molecule has 2 unspecified atom stereocenters. The second kappa shape index (κ2) is 7.50. The van der Waals surface area contributed by atoms with E-state index in [1.165, 1.54) is 7.11 Å². The predicted molar refractivity (Wildman–Crippen MR) is 90.1 cm³/mol. The molecule has 1 aromatic carbocycles. The maximum atomic E-state index is 14.2. The zero-order valence-corrected chi connectivity index (χ0v) is 16.0. The average molecular weight is 421 g/mol. The SMILES string of the molecule is C/C=C\C1C(C(=O)OCc2c(F)c(F)c(COC)c(F)c2Br)C1(C)C. The van der Waals surface area contributed by atoms with Crippen molar-refractivity contribution in [2.45, 2.75) is 34.0 Å². The predicted octanol–water partition coefficient (Wildman–Crippen LogP) is 4.90. The Kier molecular flexibility index (Phi) is 5.99. The van der Waals surface area contributed by atoms with Crippen molar-refractivity contribution in [3.8, 4) is 0 Å². The highest BCUT2D eigenvalue weighted by Crippen LogP contribution is 2.59. The van der Waals surface area contributed by atoms with Gasteiger partial charge in [0, 0.05) is 12.7 Å². The van der Waals surface area contributed by atoms with Crippen molar-refractivity contribution in [3.05, 3.63) is 45.2 Å². The van der Waals surface area contributed by atoms with E-state index in [1.54, 1.807) is 0 Å². The van der Waals surface area contributed by atoms with Gasteiger partial charge in [-0.15, -0.1) is 0 Å². The van der Waals surface area contributed by atoms with E-state index in [-0.39, 0.29) is 27.3 Å². The van der Waals surface area contributed by atoms with Crippen LogP contribution in [0.5, 0.6) is 0 Å². The maximum absolute atomic E-state index is 14.2. The van der Waals surface area contributed by atoms with E-state index in [0.717, 1.165) is 0 Å². The van der Waals surface area contributed by atoms with E-state index in [0.29, 0.717) is 0 Å². The number of methoxy groups -OCH3 is 1. The molecule has 138 valence electrons. The lowest BCUT2D eigenvalue weighted by Crippen LogP contribution is -2.13. The van der Waals surface area contributed by atoms with Gasteiger partial charge in [-0.05, 0) is 34.2 Å². The molecule has 3 nitrogen and oxygen atoms in total. The van der Waals surface area contributed by atoms with Gasteiger partial charge in [0.2, 0.25) is 0 Å². The van der Waals surface area contributed by atoms with Gasteiger partial charge in [-0.3, -0.25) is 4.79 Å². The lowest BCUT2D eigenvalue weighted by molar-refractivity contribution is -0.147. The quantitative estimate of drug-likeness (QED) is 0.372. The molecular weight excluding hydrogens is 401 g/mol. The standard InChI is InChI=1S/C18H20BrF3O3/c1-5-6-11-12(18(11,2)3)17(23)25-8-9-13(19)14(20)10(7-24-4)16(22)15(9)21/h5-6,11-12H,7-8H2,1-4H3/b6-5-. The fourth-order valence-corrected chi connectivity index (χ4v) is 3.58. The summed E-state index contributed by atoms with van der Waals surface area (Å²) in [7, 11) is 1.25. The Bertz CT molecular complexity index is 687. The minimum absolute atomic E-state index is 0.0378. The summed E-state index contributed by atoms with van der Waals surface area (Å²) in [4.78, 5) is 12.2. The van der Waals surface area contributed by atoms with E-state index in [9.17, 15) is 18.0 Å². The molecule has 2 atom stereocenters. The number of rotatable bonds is 6. The number of esters is 1. The lowest BCUT2D eigenvalue weighted by Gasteiger charge is -2.13. The second-order valence-corrected chi connectivity index (χ2v) is 7.40. The molecule has 0 N–H and O–H groups in total. The Hall–Kier alpha value is -1.34. The van der Waals surface area contributed by atoms with E-state index < -0.39 is 42.2 Å². The van der Waals surface area contributed by atoms with Gasteiger partial charge in [0.05, 0.1) is 22.6 Å². The number of ether oxygens (including phenoxy) is 2. The van der Waals surface area contributed by atoms with Gasteiger partial charge in [-0.2, -0.15) is 0 Å². The third-order valence-corrected chi connectivity index (χ3v) is 5.48. The highest BCUT2D eigenvalue weighted by molar-refractivity contribution is 9.10.